The van der Waals surface area contributed by atoms with E-state index in [4.69, 9.17) is 5.73 Å². The number of hydrogen-bond donors (Lipinski definition) is 1. The van der Waals surface area contributed by atoms with E-state index in [2.05, 4.69) is 13.2 Å². The van der Waals surface area contributed by atoms with Gasteiger partial charge in [0, 0.05) is 5.75 Å². The number of ether oxygens (including phenoxy) is 1. The third kappa shape index (κ3) is 8.31. The Morgan fingerprint density at radius 2 is 2.17 bits per heavy atom. The molecule has 0 aromatic rings. The maximum absolute atomic E-state index is 10.8. The lowest BCUT2D eigenvalue weighted by Gasteiger charge is -2.07. The number of esters is 1. The minimum atomic E-state index is -0.484. The second kappa shape index (κ2) is 11.2. The van der Waals surface area contributed by atoms with Crippen molar-refractivity contribution >= 4 is 25.8 Å². The quantitative estimate of drug-likeness (QED) is 0.564. The summed E-state index contributed by atoms with van der Waals surface area (Å²) in [6.45, 7) is 6.16. The highest BCUT2D eigenvalue weighted by atomic mass is 32.7. The number of hydrogen-bond acceptors (Lipinski definition) is 4. The molecule has 0 spiro atoms. The zero-order valence-electron chi connectivity index (χ0n) is 7.87. The van der Waals surface area contributed by atoms with Crippen LogP contribution in [0.15, 0.2) is 0 Å². The molecule has 0 aromatic heterocycles. The van der Waals surface area contributed by atoms with Crippen molar-refractivity contribution in [2.45, 2.75) is 26.8 Å². The van der Waals surface area contributed by atoms with Gasteiger partial charge in [-0.25, -0.2) is 0 Å². The summed E-state index contributed by atoms with van der Waals surface area (Å²) < 4.78 is 4.67. The number of nitrogens with two attached hydrogens (primary N) is 1. The Labute approximate surface area is 80.8 Å². The van der Waals surface area contributed by atoms with Gasteiger partial charge in [-0.3, -0.25) is 4.79 Å². The van der Waals surface area contributed by atoms with E-state index < -0.39 is 6.04 Å². The minimum Gasteiger partial charge on any atom is -0.465 e. The van der Waals surface area contributed by atoms with Crippen LogP contribution in [0.25, 0.3) is 0 Å². The zero-order chi connectivity index (χ0) is 9.98. The van der Waals surface area contributed by atoms with Crippen molar-refractivity contribution in [3.05, 3.63) is 0 Å². The van der Waals surface area contributed by atoms with Crippen LogP contribution in [0.1, 0.15) is 20.8 Å². The summed E-state index contributed by atoms with van der Waals surface area (Å²) in [6.07, 6.45) is 0. The molecule has 0 bridgehead atoms. The van der Waals surface area contributed by atoms with Gasteiger partial charge >= 0.3 is 5.97 Å². The molecular formula is C7H18NO2PS. The van der Waals surface area contributed by atoms with Crippen LogP contribution in [0.3, 0.4) is 0 Å². The summed E-state index contributed by atoms with van der Waals surface area (Å²) in [5.74, 6) is 0.265. The first-order valence-electron chi connectivity index (χ1n) is 3.96. The first-order valence-corrected chi connectivity index (χ1v) is 6.42. The van der Waals surface area contributed by atoms with Crippen molar-refractivity contribution in [2.75, 3.05) is 12.4 Å². The molecule has 12 heavy (non-hydrogen) atoms. The number of carbonyl (C=O) groups excluding carboxylic acids is 1. The Kier molecular flexibility index (Phi) is 13.7. The lowest BCUT2D eigenvalue weighted by molar-refractivity contribution is -0.144. The van der Waals surface area contributed by atoms with E-state index in [1.165, 1.54) is 11.4 Å². The van der Waals surface area contributed by atoms with Crippen molar-refractivity contribution in [2.24, 2.45) is 5.73 Å². The first-order chi connectivity index (χ1) is 5.72. The van der Waals surface area contributed by atoms with E-state index in [9.17, 15) is 4.79 Å². The lowest BCUT2D eigenvalue weighted by atomic mass is 10.4. The number of rotatable bonds is 4. The highest BCUT2D eigenvalue weighted by Crippen LogP contribution is 2.10. The summed E-state index contributed by atoms with van der Waals surface area (Å²) in [7, 11) is 2.43. The van der Waals surface area contributed by atoms with Crippen LogP contribution < -0.4 is 5.73 Å². The molecule has 0 aliphatic carbocycles. The van der Waals surface area contributed by atoms with Gasteiger partial charge in [-0.1, -0.05) is 22.3 Å². The molecule has 0 aliphatic rings. The molecule has 0 amide bonds. The van der Waals surface area contributed by atoms with Crippen LogP contribution in [0.5, 0.6) is 0 Å². The second-order valence-electron chi connectivity index (χ2n) is 1.69. The van der Waals surface area contributed by atoms with Crippen LogP contribution in [0.4, 0.5) is 0 Å². The fourth-order valence-electron chi connectivity index (χ4n) is 0.421. The molecule has 2 unspecified atom stereocenters. The van der Waals surface area contributed by atoms with Gasteiger partial charge in [0.2, 0.25) is 0 Å². The summed E-state index contributed by atoms with van der Waals surface area (Å²) in [4.78, 5) is 10.8. The van der Waals surface area contributed by atoms with E-state index in [0.717, 1.165) is 0 Å². The average molecular weight is 211 g/mol. The summed E-state index contributed by atoms with van der Waals surface area (Å²) in [5.41, 5.74) is 5.41. The average Bonchev–Trinajstić information content (AvgIpc) is 2.09. The second-order valence-corrected chi connectivity index (χ2v) is 3.36. The van der Waals surface area contributed by atoms with Crippen molar-refractivity contribution < 1.29 is 9.53 Å². The molecule has 0 saturated heterocycles. The SMILES string of the molecule is CC.CCOC(=O)C(N)CSP. The molecule has 74 valence electrons. The fourth-order valence-corrected chi connectivity index (χ4v) is 1.39. The molecule has 5 heteroatoms. The van der Waals surface area contributed by atoms with Gasteiger partial charge in [0.05, 0.1) is 6.61 Å². The van der Waals surface area contributed by atoms with Gasteiger partial charge in [-0.05, 0) is 6.92 Å². The third-order valence-electron chi connectivity index (χ3n) is 0.865. The Balaban J connectivity index is 0. The van der Waals surface area contributed by atoms with Gasteiger partial charge in [0.15, 0.2) is 0 Å². The topological polar surface area (TPSA) is 52.3 Å². The van der Waals surface area contributed by atoms with Crippen LogP contribution in [0, 0.1) is 0 Å². The summed E-state index contributed by atoms with van der Waals surface area (Å²) in [5, 5.41) is 0. The van der Waals surface area contributed by atoms with Crippen molar-refractivity contribution in [3.63, 3.8) is 0 Å². The Hall–Kier alpha value is 0.210. The standard InChI is InChI=1S/C5H12NO2PS.C2H6/c1-2-8-5(7)4(6)3-10-9;1-2/h4H,2-3,6,9H2,1H3;1-2H3. The molecular weight excluding hydrogens is 193 g/mol. The molecule has 2 atom stereocenters. The lowest BCUT2D eigenvalue weighted by Crippen LogP contribution is -2.34. The van der Waals surface area contributed by atoms with Crippen LogP contribution in [-0.4, -0.2) is 24.4 Å². The predicted molar refractivity (Wildman–Crippen MR) is 58.1 cm³/mol. The molecule has 0 fully saturated rings. The van der Waals surface area contributed by atoms with E-state index in [1.807, 2.05) is 13.8 Å². The molecule has 0 heterocycles. The van der Waals surface area contributed by atoms with Crippen molar-refractivity contribution in [3.8, 4) is 0 Å². The Bertz CT molecular complexity index is 114. The predicted octanol–water partition coefficient (Wildman–Crippen LogP) is 1.43. The molecule has 0 aliphatic heterocycles. The van der Waals surface area contributed by atoms with E-state index in [0.29, 0.717) is 12.4 Å². The molecule has 2 N–H and O–H groups in total. The van der Waals surface area contributed by atoms with Gasteiger partial charge < -0.3 is 10.5 Å². The highest BCUT2D eigenvalue weighted by Gasteiger charge is 2.12. The third-order valence-corrected chi connectivity index (χ3v) is 1.99. The molecule has 0 radical (unpaired) electrons. The van der Waals surface area contributed by atoms with E-state index in [1.54, 1.807) is 6.92 Å². The van der Waals surface area contributed by atoms with Crippen LogP contribution >= 0.6 is 19.8 Å². The summed E-state index contributed by atoms with van der Waals surface area (Å²) in [6, 6.07) is -0.484. The van der Waals surface area contributed by atoms with Crippen molar-refractivity contribution in [1.82, 2.24) is 0 Å². The van der Waals surface area contributed by atoms with Gasteiger partial charge in [-0.2, -0.15) is 0 Å². The number of carbonyl (C=O) groups is 1. The van der Waals surface area contributed by atoms with Gasteiger partial charge in [0.25, 0.3) is 0 Å². The highest BCUT2D eigenvalue weighted by molar-refractivity contribution is 8.43. The molecule has 0 rings (SSSR count). The normalized spacial score (nSPS) is 11.1. The largest absolute Gasteiger partial charge is 0.465 e. The molecule has 0 saturated carbocycles. The first kappa shape index (κ1) is 14.7. The maximum atomic E-state index is 10.8. The maximum Gasteiger partial charge on any atom is 0.323 e. The monoisotopic (exact) mass is 211 g/mol. The fraction of sp³-hybridized carbons (Fsp3) is 0.857. The van der Waals surface area contributed by atoms with Crippen LogP contribution in [-0.2, 0) is 9.53 Å². The van der Waals surface area contributed by atoms with Gasteiger partial charge in [0.1, 0.15) is 6.04 Å². The zero-order valence-corrected chi connectivity index (χ0v) is 9.84. The molecule has 3 nitrogen and oxygen atoms in total. The minimum absolute atomic E-state index is 0.322. The van der Waals surface area contributed by atoms with E-state index in [-0.39, 0.29) is 5.97 Å². The van der Waals surface area contributed by atoms with Crippen LogP contribution in [0.2, 0.25) is 0 Å². The van der Waals surface area contributed by atoms with Gasteiger partial charge in [-0.15, -0.1) is 11.4 Å². The molecule has 0 aromatic carbocycles. The summed E-state index contributed by atoms with van der Waals surface area (Å²) >= 11 is 1.45. The van der Waals surface area contributed by atoms with E-state index >= 15 is 0 Å². The Morgan fingerprint density at radius 3 is 2.50 bits per heavy atom. The smallest absolute Gasteiger partial charge is 0.323 e. The van der Waals surface area contributed by atoms with Crippen molar-refractivity contribution in [1.29, 1.82) is 0 Å². The Morgan fingerprint density at radius 1 is 1.67 bits per heavy atom.